The van der Waals surface area contributed by atoms with Gasteiger partial charge in [-0.25, -0.2) is 9.18 Å². The molecule has 0 atom stereocenters. The molecule has 68 valence electrons. The fraction of sp³-hybridized carbons (Fsp3) is 0.100. The Morgan fingerprint density at radius 3 is 2.46 bits per heavy atom. The highest BCUT2D eigenvalue weighted by Crippen LogP contribution is 2.07. The van der Waals surface area contributed by atoms with Gasteiger partial charge >= 0.3 is 5.97 Å². The fourth-order valence-electron chi connectivity index (χ4n) is 0.977. The van der Waals surface area contributed by atoms with Crippen molar-refractivity contribution in [1.29, 1.82) is 0 Å². The van der Waals surface area contributed by atoms with Gasteiger partial charge < -0.3 is 5.11 Å². The average molecular weight is 180 g/mol. The van der Waals surface area contributed by atoms with E-state index in [1.807, 2.05) is 6.07 Å². The Morgan fingerprint density at radius 1 is 1.38 bits per heavy atom. The largest absolute Gasteiger partial charge is 0.478 e. The molecule has 1 aromatic rings. The third-order valence-electron chi connectivity index (χ3n) is 1.64. The molecule has 0 amide bonds. The molecule has 1 N–H and O–H groups in total. The number of hydrogen-bond donors (Lipinski definition) is 1. The minimum absolute atomic E-state index is 0.118. The molecule has 0 unspecified atom stereocenters. The minimum Gasteiger partial charge on any atom is -0.478 e. The van der Waals surface area contributed by atoms with Gasteiger partial charge in [0, 0.05) is 6.42 Å². The van der Waals surface area contributed by atoms with Crippen molar-refractivity contribution in [2.24, 2.45) is 0 Å². The first-order chi connectivity index (χ1) is 6.24. The van der Waals surface area contributed by atoms with Gasteiger partial charge in [0.2, 0.25) is 0 Å². The summed E-state index contributed by atoms with van der Waals surface area (Å²) in [5.74, 6) is -1.22. The van der Waals surface area contributed by atoms with E-state index in [4.69, 9.17) is 5.11 Å². The smallest absolute Gasteiger partial charge is 0.334 e. The molecule has 1 rings (SSSR count). The lowest BCUT2D eigenvalue weighted by molar-refractivity contribution is -0.132. The highest BCUT2D eigenvalue weighted by Gasteiger charge is 2.07. The van der Waals surface area contributed by atoms with Gasteiger partial charge in [0.15, 0.2) is 0 Å². The summed E-state index contributed by atoms with van der Waals surface area (Å²) in [5.41, 5.74) is 0.556. The molecule has 3 heteroatoms. The first-order valence-corrected chi connectivity index (χ1v) is 3.80. The van der Waals surface area contributed by atoms with Gasteiger partial charge in [0.05, 0.1) is 11.9 Å². The number of hydrogen-bond acceptors (Lipinski definition) is 1. The monoisotopic (exact) mass is 180 g/mol. The average Bonchev–Trinajstić information content (AvgIpc) is 2.15. The van der Waals surface area contributed by atoms with E-state index in [9.17, 15) is 9.18 Å². The zero-order chi connectivity index (χ0) is 9.68. The van der Waals surface area contributed by atoms with Gasteiger partial charge in [-0.05, 0) is 5.56 Å². The Hall–Kier alpha value is -1.64. The van der Waals surface area contributed by atoms with Crippen LogP contribution >= 0.6 is 0 Å². The molecule has 2 nitrogen and oxygen atoms in total. The van der Waals surface area contributed by atoms with Gasteiger partial charge in [-0.2, -0.15) is 0 Å². The van der Waals surface area contributed by atoms with Crippen LogP contribution in [0.2, 0.25) is 0 Å². The molecule has 0 spiro atoms. The van der Waals surface area contributed by atoms with Crippen LogP contribution in [0.5, 0.6) is 0 Å². The molecular weight excluding hydrogens is 171 g/mol. The molecule has 0 bridgehead atoms. The van der Waals surface area contributed by atoms with Crippen molar-refractivity contribution >= 4 is 5.97 Å². The Morgan fingerprint density at radius 2 is 2.00 bits per heavy atom. The summed E-state index contributed by atoms with van der Waals surface area (Å²) in [7, 11) is 0. The number of halogens is 1. The van der Waals surface area contributed by atoms with Crippen molar-refractivity contribution in [2.45, 2.75) is 6.42 Å². The van der Waals surface area contributed by atoms with Gasteiger partial charge in [-0.1, -0.05) is 30.3 Å². The Bertz CT molecular complexity index is 317. The number of aliphatic carboxylic acids is 1. The van der Waals surface area contributed by atoms with Crippen molar-refractivity contribution in [1.82, 2.24) is 0 Å². The molecule has 0 aromatic heterocycles. The van der Waals surface area contributed by atoms with E-state index in [1.165, 1.54) is 0 Å². The van der Waals surface area contributed by atoms with Crippen molar-refractivity contribution in [3.63, 3.8) is 0 Å². The predicted molar refractivity (Wildman–Crippen MR) is 47.0 cm³/mol. The zero-order valence-corrected chi connectivity index (χ0v) is 6.90. The van der Waals surface area contributed by atoms with Gasteiger partial charge in [0.25, 0.3) is 0 Å². The van der Waals surface area contributed by atoms with Crippen molar-refractivity contribution < 1.29 is 14.3 Å². The molecule has 13 heavy (non-hydrogen) atoms. The third-order valence-corrected chi connectivity index (χ3v) is 1.64. The molecule has 0 aliphatic carbocycles. The van der Waals surface area contributed by atoms with Gasteiger partial charge in [-0.3, -0.25) is 0 Å². The number of benzene rings is 1. The van der Waals surface area contributed by atoms with Crippen LogP contribution in [-0.2, 0) is 11.2 Å². The maximum atomic E-state index is 12.1. The molecule has 1 aromatic carbocycles. The Balaban J connectivity index is 2.74. The van der Waals surface area contributed by atoms with E-state index in [1.54, 1.807) is 24.3 Å². The zero-order valence-electron chi connectivity index (χ0n) is 6.90. The van der Waals surface area contributed by atoms with E-state index >= 15 is 0 Å². The van der Waals surface area contributed by atoms with Crippen LogP contribution < -0.4 is 0 Å². The van der Waals surface area contributed by atoms with E-state index in [2.05, 4.69) is 0 Å². The highest BCUT2D eigenvalue weighted by atomic mass is 19.1. The summed E-state index contributed by atoms with van der Waals surface area (Å²) in [6.07, 6.45) is 0.252. The number of rotatable bonds is 3. The molecule has 0 radical (unpaired) electrons. The van der Waals surface area contributed by atoms with Crippen LogP contribution in [0.25, 0.3) is 0 Å². The first-order valence-electron chi connectivity index (χ1n) is 3.80. The van der Waals surface area contributed by atoms with Crippen molar-refractivity contribution in [3.8, 4) is 0 Å². The molecule has 0 heterocycles. The summed E-state index contributed by atoms with van der Waals surface area (Å²) < 4.78 is 12.1. The van der Waals surface area contributed by atoms with Crippen LogP contribution in [0.1, 0.15) is 5.56 Å². The lowest BCUT2D eigenvalue weighted by Crippen LogP contribution is -2.02. The molecule has 0 saturated heterocycles. The lowest BCUT2D eigenvalue weighted by Gasteiger charge is -1.99. The van der Waals surface area contributed by atoms with E-state index in [-0.39, 0.29) is 18.3 Å². The second-order valence-corrected chi connectivity index (χ2v) is 2.60. The number of carbonyl (C=O) groups is 1. The summed E-state index contributed by atoms with van der Waals surface area (Å²) in [6, 6.07) is 8.90. The molecule has 0 fully saturated rings. The highest BCUT2D eigenvalue weighted by molar-refractivity contribution is 5.86. The lowest BCUT2D eigenvalue weighted by atomic mass is 10.1. The van der Waals surface area contributed by atoms with E-state index < -0.39 is 5.97 Å². The summed E-state index contributed by atoms with van der Waals surface area (Å²) >= 11 is 0. The van der Waals surface area contributed by atoms with Crippen LogP contribution in [-0.4, -0.2) is 11.1 Å². The fourth-order valence-corrected chi connectivity index (χ4v) is 0.977. The van der Waals surface area contributed by atoms with E-state index in [0.29, 0.717) is 0 Å². The van der Waals surface area contributed by atoms with Crippen LogP contribution in [0.15, 0.2) is 42.2 Å². The van der Waals surface area contributed by atoms with Gasteiger partial charge in [-0.15, -0.1) is 0 Å². The van der Waals surface area contributed by atoms with E-state index in [0.717, 1.165) is 5.56 Å². The Labute approximate surface area is 75.3 Å². The summed E-state index contributed by atoms with van der Waals surface area (Å²) in [5, 5.41) is 8.53. The SMILES string of the molecule is O=C(O)/C(=C/F)Cc1ccccc1. The molecule has 0 aliphatic heterocycles. The predicted octanol–water partition coefficient (Wildman–Crippen LogP) is 2.17. The van der Waals surface area contributed by atoms with Crippen LogP contribution in [0, 0.1) is 0 Å². The second-order valence-electron chi connectivity index (χ2n) is 2.60. The normalized spacial score (nSPS) is 11.3. The summed E-state index contributed by atoms with van der Waals surface area (Å²) in [4.78, 5) is 10.4. The number of carboxylic acid groups (broad SMARTS) is 1. The van der Waals surface area contributed by atoms with Crippen molar-refractivity contribution in [3.05, 3.63) is 47.8 Å². The molecular formula is C10H9FO2. The topological polar surface area (TPSA) is 37.3 Å². The minimum atomic E-state index is -1.22. The van der Waals surface area contributed by atoms with Crippen LogP contribution in [0.4, 0.5) is 4.39 Å². The standard InChI is InChI=1S/C10H9FO2/c11-7-9(10(12)13)6-8-4-2-1-3-5-8/h1-5,7H,6H2,(H,12,13)/b9-7+. The maximum Gasteiger partial charge on any atom is 0.334 e. The number of carboxylic acids is 1. The first kappa shape index (κ1) is 9.45. The van der Waals surface area contributed by atoms with Crippen molar-refractivity contribution in [2.75, 3.05) is 0 Å². The molecule has 0 saturated carbocycles. The maximum absolute atomic E-state index is 12.1. The second kappa shape index (κ2) is 4.40. The quantitative estimate of drug-likeness (QED) is 0.724. The summed E-state index contributed by atoms with van der Waals surface area (Å²) in [6.45, 7) is 0. The molecule has 0 aliphatic rings. The third kappa shape index (κ3) is 2.71. The van der Waals surface area contributed by atoms with Crippen LogP contribution in [0.3, 0.4) is 0 Å². The van der Waals surface area contributed by atoms with Gasteiger partial charge in [0.1, 0.15) is 0 Å². The Kier molecular flexibility index (Phi) is 3.20.